The molecular weight excluding hydrogens is 442 g/mol. The van der Waals surface area contributed by atoms with Crippen LogP contribution in [-0.4, -0.2) is 34.2 Å². The van der Waals surface area contributed by atoms with Crippen molar-refractivity contribution in [2.45, 2.75) is 13.8 Å². The quantitative estimate of drug-likeness (QED) is 0.280. The average Bonchev–Trinajstić information content (AvgIpc) is 2.79. The highest BCUT2D eigenvalue weighted by atomic mass is 16.7. The second-order valence-corrected chi connectivity index (χ2v) is 7.45. The van der Waals surface area contributed by atoms with Gasteiger partial charge in [0.2, 0.25) is 0 Å². The van der Waals surface area contributed by atoms with Crippen molar-refractivity contribution in [3.63, 3.8) is 0 Å². The van der Waals surface area contributed by atoms with Crippen molar-refractivity contribution < 1.29 is 33.5 Å². The third-order valence-electron chi connectivity index (χ3n) is 5.11. The van der Waals surface area contributed by atoms with Gasteiger partial charge in [-0.15, -0.1) is 5.06 Å². The van der Waals surface area contributed by atoms with Crippen molar-refractivity contribution in [3.05, 3.63) is 75.9 Å². The van der Waals surface area contributed by atoms with Gasteiger partial charge in [0.15, 0.2) is 11.7 Å². The predicted molar refractivity (Wildman–Crippen MR) is 120 cm³/mol. The summed E-state index contributed by atoms with van der Waals surface area (Å²) < 4.78 is 5.80. The van der Waals surface area contributed by atoms with E-state index in [4.69, 9.17) is 9.25 Å². The summed E-state index contributed by atoms with van der Waals surface area (Å²) in [7, 11) is 0. The fourth-order valence-electron chi connectivity index (χ4n) is 3.65. The van der Waals surface area contributed by atoms with E-state index < -0.39 is 17.8 Å². The summed E-state index contributed by atoms with van der Waals surface area (Å²) in [4.78, 5) is 64.4. The maximum Gasteiger partial charge on any atom is 0.363 e. The average molecular weight is 459 g/mol. The number of imide groups is 1. The summed E-state index contributed by atoms with van der Waals surface area (Å²) in [6, 6.07) is 12.9. The second-order valence-electron chi connectivity index (χ2n) is 7.45. The number of fused-ring (bicyclic) bond motifs is 2. The van der Waals surface area contributed by atoms with E-state index in [1.807, 2.05) is 0 Å². The van der Waals surface area contributed by atoms with Crippen LogP contribution < -0.4 is 5.43 Å². The summed E-state index contributed by atoms with van der Waals surface area (Å²) in [5.74, 6) is -2.35. The number of aldehydes is 1. The molecule has 0 unspecified atom stereocenters. The number of amides is 2. The van der Waals surface area contributed by atoms with E-state index >= 15 is 0 Å². The van der Waals surface area contributed by atoms with Crippen LogP contribution in [0, 0.1) is 0 Å². The van der Waals surface area contributed by atoms with Gasteiger partial charge in [0.1, 0.15) is 17.1 Å². The van der Waals surface area contributed by atoms with Crippen LogP contribution in [0.3, 0.4) is 0 Å². The van der Waals surface area contributed by atoms with Gasteiger partial charge in [0.05, 0.1) is 5.56 Å². The summed E-state index contributed by atoms with van der Waals surface area (Å²) in [5.41, 5.74) is 1.56. The van der Waals surface area contributed by atoms with Crippen LogP contribution in [0.5, 0.6) is 5.75 Å². The van der Waals surface area contributed by atoms with E-state index in [0.717, 1.165) is 13.8 Å². The molecule has 4 rings (SSSR count). The lowest BCUT2D eigenvalue weighted by Crippen LogP contribution is -2.35. The number of hydrogen-bond acceptors (Lipinski definition) is 8. The Bertz CT molecular complexity index is 1500. The number of hydrogen-bond donors (Lipinski definition) is 1. The number of carbonyl (C=O) groups is 4. The molecule has 1 N–H and O–H groups in total. The molecule has 1 heterocycles. The summed E-state index contributed by atoms with van der Waals surface area (Å²) >= 11 is 0. The molecule has 0 aromatic heterocycles. The smallest absolute Gasteiger partial charge is 0.363 e. The Labute approximate surface area is 192 Å². The van der Waals surface area contributed by atoms with E-state index in [-0.39, 0.29) is 33.6 Å². The number of rotatable bonds is 3. The van der Waals surface area contributed by atoms with Crippen LogP contribution in [0.15, 0.2) is 63.8 Å². The molecule has 0 saturated heterocycles. The Kier molecular flexibility index (Phi) is 5.68. The predicted octanol–water partition coefficient (Wildman–Crippen LogP) is 3.55. The highest BCUT2D eigenvalue weighted by Crippen LogP contribution is 2.41. The Morgan fingerprint density at radius 2 is 1.65 bits per heavy atom. The number of hydroxylamine groups is 2. The molecule has 34 heavy (non-hydrogen) atoms. The summed E-state index contributed by atoms with van der Waals surface area (Å²) in [6.07, 6.45) is 0.546. The molecule has 2 amide bonds. The Morgan fingerprint density at radius 3 is 2.32 bits per heavy atom. The number of phenols is 1. The molecule has 2 aromatic carbocycles. The summed E-state index contributed by atoms with van der Waals surface area (Å²) in [5, 5.41) is 10.8. The van der Waals surface area contributed by atoms with Crippen molar-refractivity contribution in [3.8, 4) is 28.2 Å². The van der Waals surface area contributed by atoms with Crippen molar-refractivity contribution in [2.24, 2.45) is 0 Å². The van der Waals surface area contributed by atoms with Gasteiger partial charge in [-0.25, -0.2) is 4.79 Å². The van der Waals surface area contributed by atoms with Gasteiger partial charge in [-0.2, -0.15) is 0 Å². The lowest BCUT2D eigenvalue weighted by atomic mass is 9.90. The van der Waals surface area contributed by atoms with Crippen LogP contribution in [-0.2, 0) is 14.4 Å². The standard InChI is InChI=1S/C25H17NO8/c1-13(28)26(14(2)29)34-25(32)15-3-6-19(16(9-15)12-27)24-20-7-4-17(30)10-22(20)33-23-11-18(31)5-8-21(23)24/h3-12,30H,1-2H3. The van der Waals surface area contributed by atoms with Crippen LogP contribution in [0.1, 0.15) is 34.6 Å². The van der Waals surface area contributed by atoms with Crippen LogP contribution >= 0.6 is 0 Å². The molecule has 0 bridgehead atoms. The van der Waals surface area contributed by atoms with E-state index in [0.29, 0.717) is 33.4 Å². The molecule has 170 valence electrons. The number of carbonyl (C=O) groups excluding carboxylic acids is 4. The van der Waals surface area contributed by atoms with Crippen LogP contribution in [0.25, 0.3) is 33.4 Å². The van der Waals surface area contributed by atoms with Gasteiger partial charge in [0.25, 0.3) is 11.8 Å². The SMILES string of the molecule is CC(=O)N(OC(=O)c1ccc(-c2c3ccc(=O)cc-3oc3cc(O)ccc23)c(C=O)c1)C(C)=O. The minimum atomic E-state index is -1.00. The van der Waals surface area contributed by atoms with Gasteiger partial charge in [-0.1, -0.05) is 6.07 Å². The topological polar surface area (TPSA) is 131 Å². The van der Waals surface area contributed by atoms with Gasteiger partial charge >= 0.3 is 5.97 Å². The zero-order chi connectivity index (χ0) is 24.6. The van der Waals surface area contributed by atoms with E-state index in [1.165, 1.54) is 42.5 Å². The first-order valence-electron chi connectivity index (χ1n) is 10.0. The van der Waals surface area contributed by atoms with E-state index in [9.17, 15) is 29.1 Å². The van der Waals surface area contributed by atoms with Crippen molar-refractivity contribution in [1.82, 2.24) is 5.06 Å². The highest BCUT2D eigenvalue weighted by molar-refractivity contribution is 6.06. The van der Waals surface area contributed by atoms with Crippen molar-refractivity contribution in [2.75, 3.05) is 0 Å². The Balaban J connectivity index is 1.90. The van der Waals surface area contributed by atoms with Gasteiger partial charge in [-0.3, -0.25) is 19.2 Å². The first-order valence-corrected chi connectivity index (χ1v) is 10.0. The molecule has 0 atom stereocenters. The fraction of sp³-hybridized carbons (Fsp3) is 0.0800. The molecule has 2 aliphatic rings. The van der Waals surface area contributed by atoms with Crippen LogP contribution in [0.4, 0.5) is 0 Å². The maximum absolute atomic E-state index is 12.5. The minimum absolute atomic E-state index is 0.0472. The molecule has 9 nitrogen and oxygen atoms in total. The molecular formula is C25H17NO8. The van der Waals surface area contributed by atoms with E-state index in [2.05, 4.69) is 0 Å². The van der Waals surface area contributed by atoms with Gasteiger partial charge < -0.3 is 14.4 Å². The lowest BCUT2D eigenvalue weighted by Gasteiger charge is -2.18. The number of phenolic OH excluding ortho intramolecular Hbond substituents is 1. The minimum Gasteiger partial charge on any atom is -0.508 e. The first kappa shape index (κ1) is 22.4. The molecule has 0 radical (unpaired) electrons. The van der Waals surface area contributed by atoms with Gasteiger partial charge in [0, 0.05) is 48.1 Å². The second kappa shape index (κ2) is 8.62. The molecule has 9 heteroatoms. The Morgan fingerprint density at radius 1 is 0.941 bits per heavy atom. The molecule has 0 spiro atoms. The normalized spacial score (nSPS) is 10.8. The maximum atomic E-state index is 12.5. The first-order chi connectivity index (χ1) is 16.2. The molecule has 0 fully saturated rings. The highest BCUT2D eigenvalue weighted by Gasteiger charge is 2.23. The monoisotopic (exact) mass is 459 g/mol. The third-order valence-corrected chi connectivity index (χ3v) is 5.11. The Hall–Kier alpha value is -4.79. The summed E-state index contributed by atoms with van der Waals surface area (Å²) in [6.45, 7) is 2.13. The largest absolute Gasteiger partial charge is 0.508 e. The zero-order valence-electron chi connectivity index (χ0n) is 18.0. The third kappa shape index (κ3) is 4.02. The zero-order valence-corrected chi connectivity index (χ0v) is 18.0. The molecule has 1 aliphatic heterocycles. The molecule has 2 aromatic rings. The molecule has 1 aliphatic carbocycles. The number of nitrogens with zero attached hydrogens (tertiary/aromatic N) is 1. The van der Waals surface area contributed by atoms with Crippen molar-refractivity contribution >= 4 is 35.0 Å². The van der Waals surface area contributed by atoms with Gasteiger partial charge in [-0.05, 0) is 42.0 Å². The molecule has 0 saturated carbocycles. The fourth-order valence-corrected chi connectivity index (χ4v) is 3.65. The van der Waals surface area contributed by atoms with E-state index in [1.54, 1.807) is 12.1 Å². The number of benzene rings is 3. The lowest BCUT2D eigenvalue weighted by molar-refractivity contribution is -0.177. The van der Waals surface area contributed by atoms with Crippen molar-refractivity contribution in [1.29, 1.82) is 0 Å². The van der Waals surface area contributed by atoms with Crippen LogP contribution in [0.2, 0.25) is 0 Å². The number of aromatic hydroxyl groups is 1.